The lowest BCUT2D eigenvalue weighted by atomic mass is 10.2. The minimum atomic E-state index is -3.65. The van der Waals surface area contributed by atoms with Crippen LogP contribution >= 0.6 is 0 Å². The Balaban J connectivity index is 1.66. The standard InChI is InChI=1S/C16H24O5S/c1-14(21-16-11-5-6-12-19-16)8-7-13-20-22(17,18)15-9-3-2-4-10-15/h2-4,9-10,14,16H,5-8,11-13H2,1H3/t14-,16-/m0/s1. The van der Waals surface area contributed by atoms with Crippen molar-refractivity contribution < 1.29 is 22.1 Å². The van der Waals surface area contributed by atoms with Crippen LogP contribution in [-0.4, -0.2) is 34.0 Å². The first-order valence-electron chi connectivity index (χ1n) is 7.79. The summed E-state index contributed by atoms with van der Waals surface area (Å²) in [7, 11) is -3.65. The molecule has 0 saturated carbocycles. The van der Waals surface area contributed by atoms with Gasteiger partial charge in [-0.1, -0.05) is 18.2 Å². The van der Waals surface area contributed by atoms with Crippen molar-refractivity contribution in [2.45, 2.75) is 56.3 Å². The molecule has 0 bridgehead atoms. The molecule has 22 heavy (non-hydrogen) atoms. The molecule has 0 unspecified atom stereocenters. The highest BCUT2D eigenvalue weighted by atomic mass is 32.2. The first-order chi connectivity index (χ1) is 10.6. The lowest BCUT2D eigenvalue weighted by Crippen LogP contribution is -2.26. The highest BCUT2D eigenvalue weighted by Crippen LogP contribution is 2.17. The fraction of sp³-hybridized carbons (Fsp3) is 0.625. The van der Waals surface area contributed by atoms with Gasteiger partial charge in [-0.3, -0.25) is 4.18 Å². The van der Waals surface area contributed by atoms with E-state index in [1.54, 1.807) is 18.2 Å². The summed E-state index contributed by atoms with van der Waals surface area (Å²) in [5.74, 6) is 0. The van der Waals surface area contributed by atoms with Gasteiger partial charge in [-0.2, -0.15) is 8.42 Å². The monoisotopic (exact) mass is 328 g/mol. The van der Waals surface area contributed by atoms with Gasteiger partial charge in [0, 0.05) is 6.61 Å². The van der Waals surface area contributed by atoms with E-state index in [9.17, 15) is 8.42 Å². The molecule has 1 aliphatic heterocycles. The van der Waals surface area contributed by atoms with Gasteiger partial charge < -0.3 is 9.47 Å². The van der Waals surface area contributed by atoms with E-state index < -0.39 is 10.1 Å². The van der Waals surface area contributed by atoms with Crippen molar-refractivity contribution in [3.8, 4) is 0 Å². The minimum absolute atomic E-state index is 0.0335. The van der Waals surface area contributed by atoms with Crippen LogP contribution in [0, 0.1) is 0 Å². The third kappa shape index (κ3) is 5.68. The summed E-state index contributed by atoms with van der Waals surface area (Å²) in [6.45, 7) is 2.90. The summed E-state index contributed by atoms with van der Waals surface area (Å²) in [5.41, 5.74) is 0. The van der Waals surface area contributed by atoms with E-state index >= 15 is 0 Å². The molecule has 0 spiro atoms. The van der Waals surface area contributed by atoms with Gasteiger partial charge in [0.1, 0.15) is 0 Å². The summed E-state index contributed by atoms with van der Waals surface area (Å²) in [4.78, 5) is 0.190. The van der Waals surface area contributed by atoms with Gasteiger partial charge in [0.25, 0.3) is 10.1 Å². The van der Waals surface area contributed by atoms with E-state index in [0.717, 1.165) is 32.3 Å². The zero-order valence-electron chi connectivity index (χ0n) is 12.9. The van der Waals surface area contributed by atoms with Crippen molar-refractivity contribution in [2.75, 3.05) is 13.2 Å². The summed E-state index contributed by atoms with van der Waals surface area (Å²) >= 11 is 0. The molecule has 1 heterocycles. The van der Waals surface area contributed by atoms with Crippen LogP contribution in [0.5, 0.6) is 0 Å². The summed E-state index contributed by atoms with van der Waals surface area (Å²) < 4.78 is 40.2. The quantitative estimate of drug-likeness (QED) is 0.542. The van der Waals surface area contributed by atoms with Crippen molar-refractivity contribution in [1.82, 2.24) is 0 Å². The fourth-order valence-electron chi connectivity index (χ4n) is 2.34. The number of rotatable bonds is 8. The summed E-state index contributed by atoms with van der Waals surface area (Å²) in [6.07, 6.45) is 4.45. The van der Waals surface area contributed by atoms with E-state index in [2.05, 4.69) is 0 Å². The molecular formula is C16H24O5S. The van der Waals surface area contributed by atoms with E-state index in [1.165, 1.54) is 12.1 Å². The Morgan fingerprint density at radius 2 is 2.05 bits per heavy atom. The van der Waals surface area contributed by atoms with Gasteiger partial charge >= 0.3 is 0 Å². The molecule has 1 saturated heterocycles. The van der Waals surface area contributed by atoms with Crippen LogP contribution in [0.2, 0.25) is 0 Å². The lowest BCUT2D eigenvalue weighted by molar-refractivity contribution is -0.185. The molecule has 1 aromatic carbocycles. The largest absolute Gasteiger partial charge is 0.353 e. The third-order valence-corrected chi connectivity index (χ3v) is 4.87. The van der Waals surface area contributed by atoms with Crippen LogP contribution in [0.4, 0.5) is 0 Å². The second kappa shape index (κ2) is 8.62. The second-order valence-electron chi connectivity index (χ2n) is 5.47. The molecule has 5 nitrogen and oxygen atoms in total. The first kappa shape index (κ1) is 17.4. The van der Waals surface area contributed by atoms with Gasteiger partial charge in [0.15, 0.2) is 6.29 Å². The van der Waals surface area contributed by atoms with Crippen LogP contribution in [0.1, 0.15) is 39.0 Å². The zero-order valence-corrected chi connectivity index (χ0v) is 13.8. The Bertz CT molecular complexity index is 523. The maximum absolute atomic E-state index is 11.9. The molecule has 6 heteroatoms. The van der Waals surface area contributed by atoms with E-state index in [-0.39, 0.29) is 23.9 Å². The molecule has 1 aromatic rings. The van der Waals surface area contributed by atoms with E-state index in [4.69, 9.17) is 13.7 Å². The molecule has 0 aromatic heterocycles. The Labute approximate surface area is 132 Å². The predicted octanol–water partition coefficient (Wildman–Crippen LogP) is 3.10. The van der Waals surface area contributed by atoms with Crippen molar-refractivity contribution >= 4 is 10.1 Å². The molecule has 124 valence electrons. The zero-order chi connectivity index (χ0) is 15.8. The average Bonchev–Trinajstić information content (AvgIpc) is 2.53. The average molecular weight is 328 g/mol. The van der Waals surface area contributed by atoms with Crippen LogP contribution in [-0.2, 0) is 23.8 Å². The Kier molecular flexibility index (Phi) is 6.82. The van der Waals surface area contributed by atoms with Crippen molar-refractivity contribution in [1.29, 1.82) is 0 Å². The Morgan fingerprint density at radius 3 is 2.73 bits per heavy atom. The number of ether oxygens (including phenoxy) is 2. The Morgan fingerprint density at radius 1 is 1.27 bits per heavy atom. The predicted molar refractivity (Wildman–Crippen MR) is 83.0 cm³/mol. The fourth-order valence-corrected chi connectivity index (χ4v) is 3.30. The number of hydrogen-bond acceptors (Lipinski definition) is 5. The topological polar surface area (TPSA) is 61.8 Å². The van der Waals surface area contributed by atoms with Crippen LogP contribution in [0.15, 0.2) is 35.2 Å². The number of hydrogen-bond donors (Lipinski definition) is 0. The van der Waals surface area contributed by atoms with Gasteiger partial charge in [-0.25, -0.2) is 0 Å². The summed E-state index contributed by atoms with van der Waals surface area (Å²) in [5, 5.41) is 0. The smallest absolute Gasteiger partial charge is 0.296 e. The first-order valence-corrected chi connectivity index (χ1v) is 9.20. The molecule has 1 fully saturated rings. The van der Waals surface area contributed by atoms with Gasteiger partial charge in [-0.15, -0.1) is 0 Å². The molecule has 0 aliphatic carbocycles. The summed E-state index contributed by atoms with van der Waals surface area (Å²) in [6, 6.07) is 8.18. The Hall–Kier alpha value is -0.950. The molecule has 2 atom stereocenters. The maximum atomic E-state index is 11.9. The highest BCUT2D eigenvalue weighted by Gasteiger charge is 2.18. The number of benzene rings is 1. The molecule has 0 amide bonds. The minimum Gasteiger partial charge on any atom is -0.353 e. The van der Waals surface area contributed by atoms with Crippen molar-refractivity contribution in [3.05, 3.63) is 30.3 Å². The lowest BCUT2D eigenvalue weighted by Gasteiger charge is -2.26. The molecule has 0 N–H and O–H groups in total. The SMILES string of the molecule is C[C@@H](CCCOS(=O)(=O)c1ccccc1)O[C@H]1CCCCO1. The van der Waals surface area contributed by atoms with Gasteiger partial charge in [0.05, 0.1) is 17.6 Å². The van der Waals surface area contributed by atoms with Gasteiger partial charge in [-0.05, 0) is 51.2 Å². The molecule has 2 rings (SSSR count). The third-order valence-electron chi connectivity index (χ3n) is 3.55. The maximum Gasteiger partial charge on any atom is 0.296 e. The molecular weight excluding hydrogens is 304 g/mol. The van der Waals surface area contributed by atoms with E-state index in [0.29, 0.717) is 6.42 Å². The normalized spacial score (nSPS) is 20.7. The second-order valence-corrected chi connectivity index (χ2v) is 7.09. The van der Waals surface area contributed by atoms with E-state index in [1.807, 2.05) is 6.92 Å². The van der Waals surface area contributed by atoms with Gasteiger partial charge in [0.2, 0.25) is 0 Å². The van der Waals surface area contributed by atoms with Crippen molar-refractivity contribution in [2.24, 2.45) is 0 Å². The molecule has 1 aliphatic rings. The van der Waals surface area contributed by atoms with Crippen molar-refractivity contribution in [3.63, 3.8) is 0 Å². The van der Waals surface area contributed by atoms with Crippen LogP contribution in [0.25, 0.3) is 0 Å². The van der Waals surface area contributed by atoms with Crippen LogP contribution < -0.4 is 0 Å². The van der Waals surface area contributed by atoms with Crippen LogP contribution in [0.3, 0.4) is 0 Å². The highest BCUT2D eigenvalue weighted by molar-refractivity contribution is 7.86. The molecule has 0 radical (unpaired) electrons.